The van der Waals surface area contributed by atoms with E-state index in [4.69, 9.17) is 4.42 Å². The normalized spacial score (nSPS) is 12.7. The lowest BCUT2D eigenvalue weighted by Gasteiger charge is -2.14. The predicted octanol–water partition coefficient (Wildman–Crippen LogP) is 3.24. The summed E-state index contributed by atoms with van der Waals surface area (Å²) in [6, 6.07) is 3.71. The summed E-state index contributed by atoms with van der Waals surface area (Å²) in [5.74, 6) is 0.0515. The molecule has 0 fully saturated rings. The highest BCUT2D eigenvalue weighted by molar-refractivity contribution is 7.14. The molecule has 2 heterocycles. The van der Waals surface area contributed by atoms with Gasteiger partial charge in [-0.05, 0) is 24.5 Å². The molecule has 21 heavy (non-hydrogen) atoms. The Hall–Kier alpha value is -1.66. The van der Waals surface area contributed by atoms with Crippen molar-refractivity contribution in [3.63, 3.8) is 0 Å². The molecule has 6 heteroatoms. The van der Waals surface area contributed by atoms with Crippen molar-refractivity contribution in [2.75, 3.05) is 6.54 Å². The van der Waals surface area contributed by atoms with Gasteiger partial charge in [-0.3, -0.25) is 4.79 Å². The third-order valence-electron chi connectivity index (χ3n) is 3.08. The van der Waals surface area contributed by atoms with Crippen LogP contribution in [0.15, 0.2) is 29.0 Å². The number of carboxylic acids is 1. The standard InChI is InChI=1S/C15H20N2O3S/c1-10(2)6-11(15(18)19)7-16-8-12-9-17-14(21-12)13-4-3-5-20-13/h3-5,9-11,16H,6-8H2,1-2H3,(H,18,19). The minimum absolute atomic E-state index is 0.345. The zero-order chi connectivity index (χ0) is 15.2. The number of hydrogen-bond donors (Lipinski definition) is 2. The fraction of sp³-hybridized carbons (Fsp3) is 0.467. The van der Waals surface area contributed by atoms with Crippen molar-refractivity contribution < 1.29 is 14.3 Å². The van der Waals surface area contributed by atoms with Crippen LogP contribution in [0.4, 0.5) is 0 Å². The maximum atomic E-state index is 11.2. The molecule has 0 aliphatic carbocycles. The molecule has 2 aromatic heterocycles. The van der Waals surface area contributed by atoms with Crippen LogP contribution in [0.1, 0.15) is 25.1 Å². The maximum absolute atomic E-state index is 11.2. The van der Waals surface area contributed by atoms with Gasteiger partial charge in [-0.2, -0.15) is 0 Å². The summed E-state index contributed by atoms with van der Waals surface area (Å²) in [6.07, 6.45) is 4.11. The Kier molecular flexibility index (Phi) is 5.52. The number of aromatic nitrogens is 1. The summed E-state index contributed by atoms with van der Waals surface area (Å²) in [7, 11) is 0. The van der Waals surface area contributed by atoms with Crippen LogP contribution >= 0.6 is 11.3 Å². The van der Waals surface area contributed by atoms with Gasteiger partial charge in [-0.25, -0.2) is 4.98 Å². The molecular weight excluding hydrogens is 288 g/mol. The van der Waals surface area contributed by atoms with E-state index in [9.17, 15) is 9.90 Å². The van der Waals surface area contributed by atoms with E-state index in [-0.39, 0.29) is 5.92 Å². The van der Waals surface area contributed by atoms with E-state index < -0.39 is 5.97 Å². The van der Waals surface area contributed by atoms with Crippen LogP contribution in [0.5, 0.6) is 0 Å². The highest BCUT2D eigenvalue weighted by Crippen LogP contribution is 2.25. The lowest BCUT2D eigenvalue weighted by Crippen LogP contribution is -2.29. The van der Waals surface area contributed by atoms with Crippen LogP contribution in [0, 0.1) is 11.8 Å². The molecule has 0 amide bonds. The third kappa shape index (κ3) is 4.68. The molecule has 2 aromatic rings. The summed E-state index contributed by atoms with van der Waals surface area (Å²) in [6.45, 7) is 5.17. The zero-order valence-electron chi connectivity index (χ0n) is 12.2. The first-order chi connectivity index (χ1) is 10.1. The molecule has 2 N–H and O–H groups in total. The number of aliphatic carboxylic acids is 1. The molecule has 2 rings (SSSR count). The Labute approximate surface area is 128 Å². The minimum Gasteiger partial charge on any atom is -0.481 e. The topological polar surface area (TPSA) is 75.4 Å². The Morgan fingerprint density at radius 1 is 1.52 bits per heavy atom. The Morgan fingerprint density at radius 3 is 2.95 bits per heavy atom. The summed E-state index contributed by atoms with van der Waals surface area (Å²) >= 11 is 1.55. The molecular formula is C15H20N2O3S. The number of nitrogens with zero attached hydrogens (tertiary/aromatic N) is 1. The van der Waals surface area contributed by atoms with Crippen molar-refractivity contribution in [3.05, 3.63) is 29.5 Å². The molecule has 0 radical (unpaired) electrons. The number of furan rings is 1. The number of carbonyl (C=O) groups is 1. The highest BCUT2D eigenvalue weighted by Gasteiger charge is 2.18. The van der Waals surface area contributed by atoms with Gasteiger partial charge >= 0.3 is 5.97 Å². The van der Waals surface area contributed by atoms with E-state index >= 15 is 0 Å². The monoisotopic (exact) mass is 308 g/mol. The van der Waals surface area contributed by atoms with Crippen molar-refractivity contribution in [1.82, 2.24) is 10.3 Å². The molecule has 0 saturated carbocycles. The molecule has 5 nitrogen and oxygen atoms in total. The zero-order valence-corrected chi connectivity index (χ0v) is 13.0. The van der Waals surface area contributed by atoms with Gasteiger partial charge in [0.2, 0.25) is 0 Å². The number of hydrogen-bond acceptors (Lipinski definition) is 5. The van der Waals surface area contributed by atoms with E-state index in [1.807, 2.05) is 26.0 Å². The highest BCUT2D eigenvalue weighted by atomic mass is 32.1. The predicted molar refractivity (Wildman–Crippen MR) is 82.1 cm³/mol. The maximum Gasteiger partial charge on any atom is 0.307 e. The quantitative estimate of drug-likeness (QED) is 0.783. The van der Waals surface area contributed by atoms with Gasteiger partial charge in [0.1, 0.15) is 0 Å². The van der Waals surface area contributed by atoms with Gasteiger partial charge in [0.05, 0.1) is 12.2 Å². The lowest BCUT2D eigenvalue weighted by atomic mass is 9.97. The van der Waals surface area contributed by atoms with Gasteiger partial charge < -0.3 is 14.8 Å². The lowest BCUT2D eigenvalue weighted by molar-refractivity contribution is -0.142. The number of rotatable bonds is 8. The fourth-order valence-electron chi connectivity index (χ4n) is 2.11. The Balaban J connectivity index is 1.84. The van der Waals surface area contributed by atoms with Crippen LogP contribution in [-0.4, -0.2) is 22.6 Å². The van der Waals surface area contributed by atoms with Crippen LogP contribution in [0.3, 0.4) is 0 Å². The van der Waals surface area contributed by atoms with Gasteiger partial charge in [-0.15, -0.1) is 11.3 Å². The van der Waals surface area contributed by atoms with Gasteiger partial charge in [-0.1, -0.05) is 13.8 Å². The first-order valence-corrected chi connectivity index (χ1v) is 7.80. The van der Waals surface area contributed by atoms with E-state index in [1.54, 1.807) is 23.8 Å². The van der Waals surface area contributed by atoms with Crippen molar-refractivity contribution in [2.24, 2.45) is 11.8 Å². The fourth-order valence-corrected chi connectivity index (χ4v) is 2.96. The molecule has 0 aliphatic rings. The smallest absolute Gasteiger partial charge is 0.307 e. The third-order valence-corrected chi connectivity index (χ3v) is 4.09. The first kappa shape index (κ1) is 15.7. The van der Waals surface area contributed by atoms with Crippen LogP contribution < -0.4 is 5.32 Å². The molecule has 0 aromatic carbocycles. The van der Waals surface area contributed by atoms with E-state index in [0.29, 0.717) is 25.4 Å². The first-order valence-electron chi connectivity index (χ1n) is 6.98. The van der Waals surface area contributed by atoms with Crippen LogP contribution in [0.2, 0.25) is 0 Å². The SMILES string of the molecule is CC(C)CC(CNCc1cnc(-c2ccco2)s1)C(=O)O. The van der Waals surface area contributed by atoms with E-state index in [1.165, 1.54) is 0 Å². The van der Waals surface area contributed by atoms with Crippen molar-refractivity contribution in [3.8, 4) is 10.8 Å². The number of carboxylic acid groups (broad SMARTS) is 1. The van der Waals surface area contributed by atoms with E-state index in [2.05, 4.69) is 10.3 Å². The molecule has 0 bridgehead atoms. The minimum atomic E-state index is -0.739. The number of thiazole rings is 1. The van der Waals surface area contributed by atoms with Crippen LogP contribution in [0.25, 0.3) is 10.8 Å². The summed E-state index contributed by atoms with van der Waals surface area (Å²) in [5.41, 5.74) is 0. The molecule has 0 saturated heterocycles. The number of nitrogens with one attached hydrogen (secondary N) is 1. The van der Waals surface area contributed by atoms with Gasteiger partial charge in [0, 0.05) is 24.2 Å². The van der Waals surface area contributed by atoms with E-state index in [0.717, 1.165) is 15.6 Å². The van der Waals surface area contributed by atoms with Gasteiger partial charge in [0.15, 0.2) is 10.8 Å². The van der Waals surface area contributed by atoms with Gasteiger partial charge in [0.25, 0.3) is 0 Å². The largest absolute Gasteiger partial charge is 0.481 e. The summed E-state index contributed by atoms with van der Waals surface area (Å²) < 4.78 is 5.30. The molecule has 1 atom stereocenters. The molecule has 114 valence electrons. The van der Waals surface area contributed by atoms with Crippen LogP contribution in [-0.2, 0) is 11.3 Å². The Bertz CT molecular complexity index is 563. The second kappa shape index (κ2) is 7.38. The second-order valence-corrected chi connectivity index (χ2v) is 6.52. The van der Waals surface area contributed by atoms with Crippen molar-refractivity contribution >= 4 is 17.3 Å². The van der Waals surface area contributed by atoms with Crippen molar-refractivity contribution in [2.45, 2.75) is 26.8 Å². The molecule has 0 spiro atoms. The average Bonchev–Trinajstić information content (AvgIpc) is 3.07. The molecule has 0 aliphatic heterocycles. The summed E-state index contributed by atoms with van der Waals surface area (Å²) in [5, 5.41) is 13.2. The summed E-state index contributed by atoms with van der Waals surface area (Å²) in [4.78, 5) is 16.5. The Morgan fingerprint density at radius 2 is 2.33 bits per heavy atom. The average molecular weight is 308 g/mol. The second-order valence-electron chi connectivity index (χ2n) is 5.40. The van der Waals surface area contributed by atoms with Crippen molar-refractivity contribution in [1.29, 1.82) is 0 Å². The molecule has 1 unspecified atom stereocenters.